The molecule has 2 aromatic rings. The van der Waals surface area contributed by atoms with Gasteiger partial charge in [-0.05, 0) is 52.0 Å². The molecule has 140 valence electrons. The fraction of sp³-hybridized carbons (Fsp3) is 0.579. The first-order chi connectivity index (χ1) is 12.2. The van der Waals surface area contributed by atoms with Crippen molar-refractivity contribution in [2.45, 2.75) is 51.6 Å². The van der Waals surface area contributed by atoms with Gasteiger partial charge in [0.1, 0.15) is 5.82 Å². The summed E-state index contributed by atoms with van der Waals surface area (Å²) in [4.78, 5) is 29.0. The Bertz CT molecular complexity index is 998. The Labute approximate surface area is 150 Å². The van der Waals surface area contributed by atoms with Crippen molar-refractivity contribution in [1.29, 1.82) is 0 Å². The van der Waals surface area contributed by atoms with E-state index >= 15 is 0 Å². The zero-order valence-corrected chi connectivity index (χ0v) is 15.4. The van der Waals surface area contributed by atoms with Crippen LogP contribution >= 0.6 is 0 Å². The summed E-state index contributed by atoms with van der Waals surface area (Å²) < 4.78 is 16.6. The summed E-state index contributed by atoms with van der Waals surface area (Å²) in [6.07, 6.45) is 2.70. The summed E-state index contributed by atoms with van der Waals surface area (Å²) in [6, 6.07) is 1.36. The second kappa shape index (κ2) is 5.67. The summed E-state index contributed by atoms with van der Waals surface area (Å²) in [5.41, 5.74) is 6.69. The van der Waals surface area contributed by atoms with E-state index in [4.69, 9.17) is 5.73 Å². The van der Waals surface area contributed by atoms with Crippen molar-refractivity contribution in [2.75, 3.05) is 18.0 Å². The van der Waals surface area contributed by atoms with Crippen LogP contribution in [0.4, 0.5) is 10.1 Å². The number of hydrogen-bond acceptors (Lipinski definition) is 4. The molecule has 7 heteroatoms. The van der Waals surface area contributed by atoms with E-state index in [1.54, 1.807) is 11.5 Å². The Morgan fingerprint density at radius 2 is 1.96 bits per heavy atom. The van der Waals surface area contributed by atoms with Gasteiger partial charge in [-0.15, -0.1) is 0 Å². The Morgan fingerprint density at radius 1 is 1.27 bits per heavy atom. The maximum Gasteiger partial charge on any atom is 0.329 e. The van der Waals surface area contributed by atoms with Crippen LogP contribution in [0.3, 0.4) is 0 Å². The molecule has 1 aliphatic carbocycles. The smallest absolute Gasteiger partial charge is 0.329 e. The van der Waals surface area contributed by atoms with E-state index < -0.39 is 17.1 Å². The lowest BCUT2D eigenvalue weighted by Crippen LogP contribution is -2.42. The van der Waals surface area contributed by atoms with E-state index in [1.807, 2.05) is 18.7 Å². The standard InChI is InChI=1S/C19H25FN4O2/c1-10-15-13(17(25)22-18(26)24(15)12-4-5-12)8-14(20)16(10)23-7-6-11(9-23)19(2,3)21/h8,11-12H,4-7,9,21H2,1-3H3,(H,22,25,26). The average molecular weight is 360 g/mol. The van der Waals surface area contributed by atoms with Crippen LogP contribution in [-0.2, 0) is 0 Å². The van der Waals surface area contributed by atoms with Crippen molar-refractivity contribution >= 4 is 16.6 Å². The molecule has 1 atom stereocenters. The zero-order chi connectivity index (χ0) is 18.8. The van der Waals surface area contributed by atoms with E-state index in [0.717, 1.165) is 19.3 Å². The third-order valence-corrected chi connectivity index (χ3v) is 5.86. The summed E-state index contributed by atoms with van der Waals surface area (Å²) in [5.74, 6) is -0.154. The molecule has 2 fully saturated rings. The van der Waals surface area contributed by atoms with Gasteiger partial charge in [-0.25, -0.2) is 9.18 Å². The van der Waals surface area contributed by atoms with Gasteiger partial charge in [0.05, 0.1) is 16.6 Å². The summed E-state index contributed by atoms with van der Waals surface area (Å²) >= 11 is 0. The van der Waals surface area contributed by atoms with Crippen LogP contribution < -0.4 is 21.9 Å². The number of anilines is 1. The second-order valence-corrected chi connectivity index (χ2v) is 8.34. The molecule has 6 nitrogen and oxygen atoms in total. The Kier molecular flexibility index (Phi) is 3.77. The second-order valence-electron chi connectivity index (χ2n) is 8.34. The van der Waals surface area contributed by atoms with Crippen LogP contribution in [0.25, 0.3) is 10.9 Å². The lowest BCUT2D eigenvalue weighted by atomic mass is 9.88. The van der Waals surface area contributed by atoms with Gasteiger partial charge in [-0.3, -0.25) is 14.3 Å². The van der Waals surface area contributed by atoms with Crippen LogP contribution in [0.1, 0.15) is 44.7 Å². The number of halogens is 1. The van der Waals surface area contributed by atoms with Gasteiger partial charge >= 0.3 is 5.69 Å². The molecule has 3 N–H and O–H groups in total. The van der Waals surface area contributed by atoms with E-state index in [2.05, 4.69) is 4.98 Å². The third-order valence-electron chi connectivity index (χ3n) is 5.86. The number of nitrogens with one attached hydrogen (secondary N) is 1. The number of benzene rings is 1. The van der Waals surface area contributed by atoms with Gasteiger partial charge in [0.15, 0.2) is 0 Å². The van der Waals surface area contributed by atoms with Gasteiger partial charge in [0.25, 0.3) is 5.56 Å². The summed E-state index contributed by atoms with van der Waals surface area (Å²) in [5, 5.41) is 0.241. The van der Waals surface area contributed by atoms with Gasteiger partial charge in [0, 0.05) is 30.2 Å². The number of fused-ring (bicyclic) bond motifs is 1. The number of aryl methyl sites for hydroxylation is 1. The molecule has 1 aromatic carbocycles. The predicted octanol–water partition coefficient (Wildman–Crippen LogP) is 2.04. The fourth-order valence-corrected chi connectivity index (χ4v) is 4.21. The number of aromatic amines is 1. The molecular formula is C19H25FN4O2. The van der Waals surface area contributed by atoms with Crippen LogP contribution in [0.15, 0.2) is 15.7 Å². The monoisotopic (exact) mass is 360 g/mol. The molecule has 1 aliphatic heterocycles. The molecule has 0 radical (unpaired) electrons. The zero-order valence-electron chi connectivity index (χ0n) is 15.4. The first-order valence-electron chi connectivity index (χ1n) is 9.20. The largest absolute Gasteiger partial charge is 0.369 e. The highest BCUT2D eigenvalue weighted by molar-refractivity contribution is 5.87. The van der Waals surface area contributed by atoms with E-state index in [9.17, 15) is 14.0 Å². The SMILES string of the molecule is Cc1c(N2CCC(C(C)(C)N)C2)c(F)cc2c(=O)[nH]c(=O)n(C3CC3)c12. The normalized spacial score (nSPS) is 21.0. The maximum atomic E-state index is 15.0. The number of rotatable bonds is 3. The number of aromatic nitrogens is 2. The number of hydrogen-bond donors (Lipinski definition) is 2. The average Bonchev–Trinajstić information content (AvgIpc) is 3.24. The highest BCUT2D eigenvalue weighted by atomic mass is 19.1. The van der Waals surface area contributed by atoms with Crippen LogP contribution in [-0.4, -0.2) is 28.2 Å². The Morgan fingerprint density at radius 3 is 2.54 bits per heavy atom. The highest BCUT2D eigenvalue weighted by Crippen LogP contribution is 2.39. The minimum atomic E-state index is -0.530. The molecule has 1 unspecified atom stereocenters. The molecule has 0 spiro atoms. The quantitative estimate of drug-likeness (QED) is 0.877. The van der Waals surface area contributed by atoms with E-state index in [-0.39, 0.29) is 22.9 Å². The Hall–Kier alpha value is -2.15. The fourth-order valence-electron chi connectivity index (χ4n) is 4.21. The minimum Gasteiger partial charge on any atom is -0.369 e. The lowest BCUT2D eigenvalue weighted by molar-refractivity contribution is 0.348. The van der Waals surface area contributed by atoms with Gasteiger partial charge in [0.2, 0.25) is 0 Å². The van der Waals surface area contributed by atoms with Crippen LogP contribution in [0.2, 0.25) is 0 Å². The van der Waals surface area contributed by atoms with Crippen molar-refractivity contribution in [2.24, 2.45) is 11.7 Å². The molecule has 26 heavy (non-hydrogen) atoms. The number of nitrogens with zero attached hydrogens (tertiary/aromatic N) is 2. The molecule has 0 bridgehead atoms. The van der Waals surface area contributed by atoms with Crippen molar-refractivity contribution in [3.8, 4) is 0 Å². The van der Waals surface area contributed by atoms with Crippen molar-refractivity contribution in [3.05, 3.63) is 38.3 Å². The summed E-state index contributed by atoms with van der Waals surface area (Å²) in [6.45, 7) is 7.18. The lowest BCUT2D eigenvalue weighted by Gasteiger charge is -2.28. The van der Waals surface area contributed by atoms with E-state index in [1.165, 1.54) is 6.07 Å². The molecule has 4 rings (SSSR count). The topological polar surface area (TPSA) is 84.1 Å². The molecule has 2 heterocycles. The molecule has 1 aromatic heterocycles. The van der Waals surface area contributed by atoms with Crippen LogP contribution in [0, 0.1) is 18.7 Å². The van der Waals surface area contributed by atoms with Gasteiger partial charge in [-0.2, -0.15) is 0 Å². The predicted molar refractivity (Wildman–Crippen MR) is 100 cm³/mol. The van der Waals surface area contributed by atoms with Crippen molar-refractivity contribution in [1.82, 2.24) is 9.55 Å². The molecule has 1 saturated heterocycles. The maximum absolute atomic E-state index is 15.0. The first kappa shape index (κ1) is 17.3. The highest BCUT2D eigenvalue weighted by Gasteiger charge is 2.35. The molecular weight excluding hydrogens is 335 g/mol. The third kappa shape index (κ3) is 2.65. The van der Waals surface area contributed by atoms with Crippen molar-refractivity contribution < 1.29 is 4.39 Å². The number of H-pyrrole nitrogens is 1. The first-order valence-corrected chi connectivity index (χ1v) is 9.20. The molecule has 0 amide bonds. The van der Waals surface area contributed by atoms with E-state index in [0.29, 0.717) is 29.9 Å². The van der Waals surface area contributed by atoms with Crippen molar-refractivity contribution in [3.63, 3.8) is 0 Å². The van der Waals surface area contributed by atoms with Gasteiger partial charge in [-0.1, -0.05) is 0 Å². The van der Waals surface area contributed by atoms with Crippen LogP contribution in [0.5, 0.6) is 0 Å². The summed E-state index contributed by atoms with van der Waals surface area (Å²) in [7, 11) is 0. The minimum absolute atomic E-state index is 0.0909. The Balaban J connectivity index is 1.91. The molecule has 2 aliphatic rings. The van der Waals surface area contributed by atoms with Gasteiger partial charge < -0.3 is 10.6 Å². The molecule has 1 saturated carbocycles. The number of nitrogens with two attached hydrogens (primary N) is 1.